The highest BCUT2D eigenvalue weighted by atomic mass is 35.5. The molecular formula is C15H19ClN2O. The predicted octanol–water partition coefficient (Wildman–Crippen LogP) is 3.82. The van der Waals surface area contributed by atoms with Crippen LogP contribution in [0.25, 0.3) is 0 Å². The topological polar surface area (TPSA) is 32.3 Å². The van der Waals surface area contributed by atoms with Crippen molar-refractivity contribution >= 4 is 28.9 Å². The SMILES string of the molecule is CN1c2cc(Cl)ccc2NC(=O)CC12CCCCC2. The predicted molar refractivity (Wildman–Crippen MR) is 78.9 cm³/mol. The number of nitrogens with one attached hydrogen (secondary N) is 1. The summed E-state index contributed by atoms with van der Waals surface area (Å²) in [4.78, 5) is 14.5. The van der Waals surface area contributed by atoms with E-state index in [0.29, 0.717) is 11.4 Å². The first-order valence-corrected chi connectivity index (χ1v) is 7.32. The van der Waals surface area contributed by atoms with Gasteiger partial charge in [0, 0.05) is 17.6 Å². The standard InChI is InChI=1S/C15H19ClN2O/c1-18-13-9-11(16)5-6-12(13)17-14(19)10-15(18)7-3-2-4-8-15/h5-6,9H,2-4,7-8,10H2,1H3,(H,17,19). The van der Waals surface area contributed by atoms with E-state index in [1.807, 2.05) is 18.2 Å². The second-order valence-electron chi connectivity index (χ2n) is 5.73. The summed E-state index contributed by atoms with van der Waals surface area (Å²) in [6.07, 6.45) is 6.43. The molecule has 1 spiro atoms. The molecule has 1 aromatic carbocycles. The highest BCUT2D eigenvalue weighted by Gasteiger charge is 2.40. The molecule has 102 valence electrons. The van der Waals surface area contributed by atoms with Crippen molar-refractivity contribution in [2.24, 2.45) is 0 Å². The molecule has 1 amide bonds. The minimum Gasteiger partial charge on any atom is -0.367 e. The van der Waals surface area contributed by atoms with Crippen molar-refractivity contribution in [3.05, 3.63) is 23.2 Å². The van der Waals surface area contributed by atoms with E-state index in [1.54, 1.807) is 0 Å². The van der Waals surface area contributed by atoms with Gasteiger partial charge in [-0.3, -0.25) is 4.79 Å². The number of fused-ring (bicyclic) bond motifs is 1. The Hall–Kier alpha value is -1.22. The number of carbonyl (C=O) groups is 1. The molecule has 1 N–H and O–H groups in total. The largest absolute Gasteiger partial charge is 0.367 e. The molecule has 0 unspecified atom stereocenters. The van der Waals surface area contributed by atoms with Crippen molar-refractivity contribution in [3.63, 3.8) is 0 Å². The fraction of sp³-hybridized carbons (Fsp3) is 0.533. The Bertz CT molecular complexity index is 509. The van der Waals surface area contributed by atoms with Crippen LogP contribution in [-0.4, -0.2) is 18.5 Å². The first-order chi connectivity index (χ1) is 9.11. The molecule has 1 aromatic rings. The van der Waals surface area contributed by atoms with E-state index in [2.05, 4.69) is 17.3 Å². The van der Waals surface area contributed by atoms with E-state index in [9.17, 15) is 4.79 Å². The van der Waals surface area contributed by atoms with E-state index in [1.165, 1.54) is 19.3 Å². The van der Waals surface area contributed by atoms with Crippen LogP contribution in [0.15, 0.2) is 18.2 Å². The van der Waals surface area contributed by atoms with E-state index in [-0.39, 0.29) is 11.4 Å². The van der Waals surface area contributed by atoms with Gasteiger partial charge in [0.1, 0.15) is 0 Å². The minimum atomic E-state index is -0.0295. The molecule has 4 heteroatoms. The number of hydrogen-bond acceptors (Lipinski definition) is 2. The summed E-state index contributed by atoms with van der Waals surface area (Å²) in [5.41, 5.74) is 1.89. The molecule has 0 bridgehead atoms. The fourth-order valence-corrected chi connectivity index (χ4v) is 3.64. The van der Waals surface area contributed by atoms with E-state index >= 15 is 0 Å². The van der Waals surface area contributed by atoms with Gasteiger partial charge in [0.15, 0.2) is 0 Å². The smallest absolute Gasteiger partial charge is 0.226 e. The number of hydrogen-bond donors (Lipinski definition) is 1. The maximum atomic E-state index is 12.2. The molecule has 1 fully saturated rings. The summed E-state index contributed by atoms with van der Waals surface area (Å²) in [5.74, 6) is 0.120. The maximum Gasteiger partial charge on any atom is 0.226 e. The van der Waals surface area contributed by atoms with Crippen molar-refractivity contribution in [3.8, 4) is 0 Å². The van der Waals surface area contributed by atoms with Gasteiger partial charge in [-0.15, -0.1) is 0 Å². The van der Waals surface area contributed by atoms with Crippen LogP contribution in [0, 0.1) is 0 Å². The quantitative estimate of drug-likeness (QED) is 0.782. The monoisotopic (exact) mass is 278 g/mol. The molecule has 1 heterocycles. The Kier molecular flexibility index (Phi) is 3.17. The zero-order chi connectivity index (χ0) is 13.5. The number of rotatable bonds is 0. The molecule has 0 aromatic heterocycles. The van der Waals surface area contributed by atoms with Crippen LogP contribution in [0.5, 0.6) is 0 Å². The summed E-state index contributed by atoms with van der Waals surface area (Å²) in [6, 6.07) is 5.68. The normalized spacial score (nSPS) is 21.8. The summed E-state index contributed by atoms with van der Waals surface area (Å²) < 4.78 is 0. The molecule has 19 heavy (non-hydrogen) atoms. The molecular weight excluding hydrogens is 260 g/mol. The van der Waals surface area contributed by atoms with E-state index in [4.69, 9.17) is 11.6 Å². The summed E-state index contributed by atoms with van der Waals surface area (Å²) >= 11 is 6.12. The third-order valence-electron chi connectivity index (χ3n) is 4.58. The lowest BCUT2D eigenvalue weighted by atomic mass is 9.78. The van der Waals surface area contributed by atoms with Gasteiger partial charge in [-0.05, 0) is 31.0 Å². The second kappa shape index (κ2) is 4.71. The Morgan fingerprint density at radius 2 is 2.00 bits per heavy atom. The molecule has 2 aliphatic rings. The Labute approximate surface area is 118 Å². The molecule has 3 rings (SSSR count). The fourth-order valence-electron chi connectivity index (χ4n) is 3.48. The lowest BCUT2D eigenvalue weighted by Crippen LogP contribution is -2.49. The maximum absolute atomic E-state index is 12.2. The lowest BCUT2D eigenvalue weighted by molar-refractivity contribution is -0.117. The van der Waals surface area contributed by atoms with Crippen molar-refractivity contribution in [2.45, 2.75) is 44.1 Å². The van der Waals surface area contributed by atoms with Gasteiger partial charge in [-0.2, -0.15) is 0 Å². The van der Waals surface area contributed by atoms with E-state index < -0.39 is 0 Å². The average Bonchev–Trinajstić information content (AvgIpc) is 2.49. The first-order valence-electron chi connectivity index (χ1n) is 6.94. The summed E-state index contributed by atoms with van der Waals surface area (Å²) in [5, 5.41) is 3.73. The van der Waals surface area contributed by atoms with Gasteiger partial charge in [0.25, 0.3) is 0 Å². The molecule has 1 aliphatic carbocycles. The highest BCUT2D eigenvalue weighted by Crippen LogP contribution is 2.43. The van der Waals surface area contributed by atoms with Gasteiger partial charge in [0.2, 0.25) is 5.91 Å². The number of halogens is 1. The van der Waals surface area contributed by atoms with Gasteiger partial charge in [0.05, 0.1) is 17.8 Å². The highest BCUT2D eigenvalue weighted by molar-refractivity contribution is 6.31. The Balaban J connectivity index is 2.07. The molecule has 0 radical (unpaired) electrons. The van der Waals surface area contributed by atoms with Gasteiger partial charge in [-0.1, -0.05) is 30.9 Å². The number of anilines is 2. The number of amides is 1. The van der Waals surface area contributed by atoms with Crippen LogP contribution in [-0.2, 0) is 4.79 Å². The van der Waals surface area contributed by atoms with Gasteiger partial charge in [-0.25, -0.2) is 0 Å². The van der Waals surface area contributed by atoms with Crippen molar-refractivity contribution in [1.82, 2.24) is 0 Å². The molecule has 1 aliphatic heterocycles. The van der Waals surface area contributed by atoms with E-state index in [0.717, 1.165) is 24.2 Å². The molecule has 0 atom stereocenters. The van der Waals surface area contributed by atoms with Crippen molar-refractivity contribution in [2.75, 3.05) is 17.3 Å². The summed E-state index contributed by atoms with van der Waals surface area (Å²) in [6.45, 7) is 0. The lowest BCUT2D eigenvalue weighted by Gasteiger charge is -2.44. The molecule has 0 saturated heterocycles. The van der Waals surface area contributed by atoms with Crippen LogP contribution in [0.4, 0.5) is 11.4 Å². The number of nitrogens with zero attached hydrogens (tertiary/aromatic N) is 1. The van der Waals surface area contributed by atoms with Crippen molar-refractivity contribution < 1.29 is 4.79 Å². The van der Waals surface area contributed by atoms with Crippen LogP contribution in [0.1, 0.15) is 38.5 Å². The van der Waals surface area contributed by atoms with Crippen LogP contribution in [0.2, 0.25) is 5.02 Å². The zero-order valence-corrected chi connectivity index (χ0v) is 12.0. The van der Waals surface area contributed by atoms with Gasteiger partial charge >= 0.3 is 0 Å². The zero-order valence-electron chi connectivity index (χ0n) is 11.2. The summed E-state index contributed by atoms with van der Waals surface area (Å²) in [7, 11) is 2.10. The third-order valence-corrected chi connectivity index (χ3v) is 4.82. The van der Waals surface area contributed by atoms with Crippen LogP contribution >= 0.6 is 11.6 Å². The molecule has 3 nitrogen and oxygen atoms in total. The second-order valence-corrected chi connectivity index (χ2v) is 6.17. The molecule has 1 saturated carbocycles. The number of benzene rings is 1. The van der Waals surface area contributed by atoms with Crippen LogP contribution < -0.4 is 10.2 Å². The third kappa shape index (κ3) is 2.20. The first kappa shape index (κ1) is 12.8. The Morgan fingerprint density at radius 3 is 2.74 bits per heavy atom. The number of carbonyl (C=O) groups excluding carboxylic acids is 1. The minimum absolute atomic E-state index is 0.0295. The average molecular weight is 279 g/mol. The van der Waals surface area contributed by atoms with Crippen LogP contribution in [0.3, 0.4) is 0 Å². The Morgan fingerprint density at radius 1 is 1.26 bits per heavy atom. The van der Waals surface area contributed by atoms with Gasteiger partial charge < -0.3 is 10.2 Å². The van der Waals surface area contributed by atoms with Crippen molar-refractivity contribution in [1.29, 1.82) is 0 Å².